The first-order chi connectivity index (χ1) is 5.58. The molecule has 0 saturated carbocycles. The summed E-state index contributed by atoms with van der Waals surface area (Å²) in [6.07, 6.45) is 0.685. The van der Waals surface area contributed by atoms with Gasteiger partial charge in [0, 0.05) is 6.42 Å². The molecule has 0 aliphatic carbocycles. The second-order valence-corrected chi connectivity index (χ2v) is 3.99. The van der Waals surface area contributed by atoms with Crippen molar-refractivity contribution < 1.29 is 4.39 Å². The number of hydrogen-bond donors (Lipinski definition) is 0. The Balaban J connectivity index is 2.44. The van der Waals surface area contributed by atoms with Gasteiger partial charge in [-0.3, -0.25) is 0 Å². The van der Waals surface area contributed by atoms with Crippen LogP contribution in [0.15, 0.2) is 30.3 Å². The predicted octanol–water partition coefficient (Wildman–Crippen LogP) is 3.72. The van der Waals surface area contributed by atoms with Crippen LogP contribution in [0.25, 0.3) is 0 Å². The first-order valence-electron chi connectivity index (χ1n) is 3.68. The average Bonchev–Trinajstić information content (AvgIpc) is 2.02. The molecule has 0 saturated heterocycles. The first kappa shape index (κ1) is 9.82. The number of benzene rings is 1. The highest BCUT2D eigenvalue weighted by atomic mass is 35.5. The van der Waals surface area contributed by atoms with E-state index in [9.17, 15) is 4.39 Å². The fraction of sp³-hybridized carbons (Fsp3) is 0.333. The molecule has 1 aromatic rings. The van der Waals surface area contributed by atoms with Crippen molar-refractivity contribution in [2.75, 3.05) is 0 Å². The molecule has 0 nitrogen and oxygen atoms in total. The van der Waals surface area contributed by atoms with Crippen molar-refractivity contribution in [3.05, 3.63) is 35.9 Å². The Morgan fingerprint density at radius 3 is 2.25 bits per heavy atom. The summed E-state index contributed by atoms with van der Waals surface area (Å²) in [4.78, 5) is 0. The summed E-state index contributed by atoms with van der Waals surface area (Å²) in [7, 11) is 0. The molecule has 0 atom stereocenters. The maximum atomic E-state index is 12.6. The number of alkyl halides is 3. The topological polar surface area (TPSA) is 0 Å². The monoisotopic (exact) mass is 206 g/mol. The van der Waals surface area contributed by atoms with Crippen molar-refractivity contribution in [1.82, 2.24) is 0 Å². The van der Waals surface area contributed by atoms with Crippen LogP contribution in [0.5, 0.6) is 0 Å². The normalized spacial score (nSPS) is 11.6. The van der Waals surface area contributed by atoms with Crippen molar-refractivity contribution in [3.8, 4) is 0 Å². The Labute approximate surface area is 81.3 Å². The smallest absolute Gasteiger partial charge is 0.208 e. The molecule has 0 amide bonds. The Morgan fingerprint density at radius 1 is 1.17 bits per heavy atom. The quantitative estimate of drug-likeness (QED) is 0.662. The number of hydrogen-bond acceptors (Lipinski definition) is 0. The number of halogens is 3. The second-order valence-electron chi connectivity index (χ2n) is 2.60. The number of aryl methyl sites for hydroxylation is 1. The van der Waals surface area contributed by atoms with Crippen molar-refractivity contribution >= 4 is 23.2 Å². The molecule has 0 aliphatic heterocycles. The molecule has 12 heavy (non-hydrogen) atoms. The van der Waals surface area contributed by atoms with E-state index in [4.69, 9.17) is 23.2 Å². The minimum absolute atomic E-state index is 0.125. The Morgan fingerprint density at radius 2 is 1.75 bits per heavy atom. The largest absolute Gasteiger partial charge is 0.257 e. The lowest BCUT2D eigenvalue weighted by Crippen LogP contribution is -2.04. The minimum atomic E-state index is -2.10. The maximum Gasteiger partial charge on any atom is 0.257 e. The van der Waals surface area contributed by atoms with Crippen molar-refractivity contribution in [3.63, 3.8) is 0 Å². The molecule has 1 aromatic carbocycles. The highest BCUT2D eigenvalue weighted by molar-refractivity contribution is 6.47. The van der Waals surface area contributed by atoms with Gasteiger partial charge < -0.3 is 0 Å². The SMILES string of the molecule is FC(Cl)(Cl)CCc1ccccc1. The molecule has 0 N–H and O–H groups in total. The van der Waals surface area contributed by atoms with E-state index in [1.165, 1.54) is 0 Å². The lowest BCUT2D eigenvalue weighted by Gasteiger charge is -2.07. The van der Waals surface area contributed by atoms with Crippen LogP contribution in [0.2, 0.25) is 0 Å². The summed E-state index contributed by atoms with van der Waals surface area (Å²) in [6.45, 7) is 0. The highest BCUT2D eigenvalue weighted by Gasteiger charge is 2.20. The van der Waals surface area contributed by atoms with E-state index in [0.717, 1.165) is 5.56 Å². The molecule has 3 heteroatoms. The summed E-state index contributed by atoms with van der Waals surface area (Å²) in [5, 5.41) is 0. The highest BCUT2D eigenvalue weighted by Crippen LogP contribution is 2.28. The average molecular weight is 207 g/mol. The molecular formula is C9H9Cl2F. The van der Waals surface area contributed by atoms with Gasteiger partial charge in [0.1, 0.15) is 0 Å². The van der Waals surface area contributed by atoms with Gasteiger partial charge in [0.05, 0.1) is 0 Å². The van der Waals surface area contributed by atoms with E-state index in [2.05, 4.69) is 0 Å². The van der Waals surface area contributed by atoms with Gasteiger partial charge in [-0.05, 0) is 12.0 Å². The van der Waals surface area contributed by atoms with Gasteiger partial charge in [-0.25, -0.2) is 4.39 Å². The summed E-state index contributed by atoms with van der Waals surface area (Å²) in [5.74, 6) is 0. The van der Waals surface area contributed by atoms with Gasteiger partial charge in [-0.15, -0.1) is 0 Å². The maximum absolute atomic E-state index is 12.6. The zero-order valence-electron chi connectivity index (χ0n) is 6.43. The Hall–Kier alpha value is -0.270. The molecule has 0 fully saturated rings. The van der Waals surface area contributed by atoms with Crippen LogP contribution in [-0.4, -0.2) is 4.59 Å². The minimum Gasteiger partial charge on any atom is -0.208 e. The summed E-state index contributed by atoms with van der Waals surface area (Å²) in [6, 6.07) is 9.54. The van der Waals surface area contributed by atoms with Gasteiger partial charge in [0.25, 0.3) is 4.59 Å². The van der Waals surface area contributed by atoms with E-state index < -0.39 is 4.59 Å². The molecule has 0 unspecified atom stereocenters. The Kier molecular flexibility index (Phi) is 3.36. The third-order valence-corrected chi connectivity index (χ3v) is 1.92. The summed E-state index contributed by atoms with van der Waals surface area (Å²) < 4.78 is 10.5. The van der Waals surface area contributed by atoms with Crippen LogP contribution in [0.4, 0.5) is 4.39 Å². The van der Waals surface area contributed by atoms with Crippen LogP contribution < -0.4 is 0 Å². The van der Waals surface area contributed by atoms with E-state index in [1.807, 2.05) is 30.3 Å². The summed E-state index contributed by atoms with van der Waals surface area (Å²) >= 11 is 10.4. The van der Waals surface area contributed by atoms with Crippen molar-refractivity contribution in [2.45, 2.75) is 17.4 Å². The summed E-state index contributed by atoms with van der Waals surface area (Å²) in [5.41, 5.74) is 1.04. The third kappa shape index (κ3) is 3.93. The molecule has 0 spiro atoms. The van der Waals surface area contributed by atoms with Gasteiger partial charge in [-0.2, -0.15) is 0 Å². The van der Waals surface area contributed by atoms with Gasteiger partial charge in [0.2, 0.25) is 0 Å². The van der Waals surface area contributed by atoms with E-state index >= 15 is 0 Å². The van der Waals surface area contributed by atoms with Crippen molar-refractivity contribution in [2.24, 2.45) is 0 Å². The van der Waals surface area contributed by atoms with Gasteiger partial charge in [-0.1, -0.05) is 53.5 Å². The van der Waals surface area contributed by atoms with Crippen LogP contribution in [0.3, 0.4) is 0 Å². The second kappa shape index (κ2) is 4.11. The molecule has 0 aromatic heterocycles. The van der Waals surface area contributed by atoms with Crippen LogP contribution in [0.1, 0.15) is 12.0 Å². The first-order valence-corrected chi connectivity index (χ1v) is 4.44. The number of rotatable bonds is 3. The van der Waals surface area contributed by atoms with Crippen molar-refractivity contribution in [1.29, 1.82) is 0 Å². The fourth-order valence-corrected chi connectivity index (χ4v) is 1.12. The molecule has 0 bridgehead atoms. The van der Waals surface area contributed by atoms with E-state index in [1.54, 1.807) is 0 Å². The molecule has 1 rings (SSSR count). The van der Waals surface area contributed by atoms with Gasteiger partial charge in [0.15, 0.2) is 0 Å². The Bertz CT molecular complexity index is 228. The molecule has 0 aliphatic rings. The van der Waals surface area contributed by atoms with E-state index in [-0.39, 0.29) is 6.42 Å². The molecule has 0 radical (unpaired) electrons. The zero-order valence-corrected chi connectivity index (χ0v) is 7.95. The molecule has 0 heterocycles. The third-order valence-electron chi connectivity index (χ3n) is 1.54. The van der Waals surface area contributed by atoms with Crippen LogP contribution in [-0.2, 0) is 6.42 Å². The molecular weight excluding hydrogens is 198 g/mol. The van der Waals surface area contributed by atoms with Gasteiger partial charge >= 0.3 is 0 Å². The fourth-order valence-electron chi connectivity index (χ4n) is 0.931. The lowest BCUT2D eigenvalue weighted by molar-refractivity contribution is 0.371. The van der Waals surface area contributed by atoms with E-state index in [0.29, 0.717) is 6.42 Å². The zero-order chi connectivity index (χ0) is 9.03. The standard InChI is InChI=1S/C9H9Cl2F/c10-9(11,12)7-6-8-4-2-1-3-5-8/h1-5H,6-7H2. The predicted molar refractivity (Wildman–Crippen MR) is 50.3 cm³/mol. The lowest BCUT2D eigenvalue weighted by atomic mass is 10.1. The molecule has 66 valence electrons. The van der Waals surface area contributed by atoms with Crippen LogP contribution >= 0.6 is 23.2 Å². The van der Waals surface area contributed by atoms with Crippen LogP contribution in [0, 0.1) is 0 Å².